The van der Waals surface area contributed by atoms with E-state index in [9.17, 15) is 0 Å². The smallest absolute Gasteiger partial charge is 0.0540 e. The SMILES string of the molecule is C1=Cc2c(cccc2N(c2ccccc2)c2ccc(-c3c4c(cc5c3=CCCC=5)-c3cc(-c5ccc(N(c6ccccc6)c6cccc7ccccc67)cc5)ccc3C4)cc2)CC1. The molecule has 0 aromatic heterocycles. The number of para-hydroxylation sites is 2. The molecule has 63 heavy (non-hydrogen) atoms. The van der Waals surface area contributed by atoms with E-state index in [0.717, 1.165) is 54.9 Å². The summed E-state index contributed by atoms with van der Waals surface area (Å²) in [6.07, 6.45) is 14.8. The Morgan fingerprint density at radius 2 is 1.03 bits per heavy atom. The third-order valence-electron chi connectivity index (χ3n) is 13.3. The summed E-state index contributed by atoms with van der Waals surface area (Å²) in [5.41, 5.74) is 20.4. The molecular formula is C61H46N2. The van der Waals surface area contributed by atoms with Crippen molar-refractivity contribution in [3.63, 3.8) is 0 Å². The maximum atomic E-state index is 2.48. The Morgan fingerprint density at radius 3 is 1.81 bits per heavy atom. The van der Waals surface area contributed by atoms with Gasteiger partial charge in [-0.25, -0.2) is 0 Å². The van der Waals surface area contributed by atoms with Crippen LogP contribution in [0.2, 0.25) is 0 Å². The second kappa shape index (κ2) is 15.7. The first-order chi connectivity index (χ1) is 31.2. The van der Waals surface area contributed by atoms with Gasteiger partial charge >= 0.3 is 0 Å². The molecule has 0 unspecified atom stereocenters. The predicted molar refractivity (Wildman–Crippen MR) is 267 cm³/mol. The zero-order valence-electron chi connectivity index (χ0n) is 35.2. The monoisotopic (exact) mass is 806 g/mol. The molecule has 300 valence electrons. The molecule has 9 aromatic carbocycles. The lowest BCUT2D eigenvalue weighted by atomic mass is 9.89. The van der Waals surface area contributed by atoms with Crippen LogP contribution >= 0.6 is 0 Å². The fraction of sp³-hybridized carbons (Fsp3) is 0.0820. The summed E-state index contributed by atoms with van der Waals surface area (Å²) in [4.78, 5) is 4.80. The predicted octanol–water partition coefficient (Wildman–Crippen LogP) is 15.0. The van der Waals surface area contributed by atoms with Gasteiger partial charge in [0.25, 0.3) is 0 Å². The summed E-state index contributed by atoms with van der Waals surface area (Å²) in [6.45, 7) is 0. The number of aryl methyl sites for hydroxylation is 1. The standard InChI is InChI=1S/C61H46N2/c1-3-20-49(21-4-1)62(59-27-13-18-43-15-7-10-24-53(43)59)51-35-31-42(32-36-51)46-29-30-48-41-58-57(56(48)39-46)40-47-17-9-12-26-55(47)61(58)45-33-37-52(38-34-45)63(50-22-5-2-6-23-50)60-28-14-19-44-16-8-11-25-54(44)60/h1-7,10-11,13-15,17-40H,8-9,12,16,41H2. The number of nitrogens with zero attached hydrogens (tertiary/aromatic N) is 2. The van der Waals surface area contributed by atoms with Crippen molar-refractivity contribution in [2.75, 3.05) is 9.80 Å². The largest absolute Gasteiger partial charge is 0.310 e. The topological polar surface area (TPSA) is 6.48 Å². The summed E-state index contributed by atoms with van der Waals surface area (Å²) in [7, 11) is 0. The average Bonchev–Trinajstić information content (AvgIpc) is 3.72. The minimum Gasteiger partial charge on any atom is -0.310 e. The maximum Gasteiger partial charge on any atom is 0.0540 e. The van der Waals surface area contributed by atoms with Gasteiger partial charge in [-0.15, -0.1) is 0 Å². The summed E-state index contributed by atoms with van der Waals surface area (Å²) < 4.78 is 0. The maximum absolute atomic E-state index is 2.48. The zero-order valence-corrected chi connectivity index (χ0v) is 35.2. The van der Waals surface area contributed by atoms with E-state index in [4.69, 9.17) is 0 Å². The fourth-order valence-electron chi connectivity index (χ4n) is 10.4. The molecule has 9 aromatic rings. The van der Waals surface area contributed by atoms with Crippen LogP contribution in [0.15, 0.2) is 200 Å². The third kappa shape index (κ3) is 6.58. The van der Waals surface area contributed by atoms with Gasteiger partial charge in [0, 0.05) is 33.7 Å². The van der Waals surface area contributed by atoms with Crippen LogP contribution in [0, 0.1) is 0 Å². The molecule has 3 aliphatic rings. The lowest BCUT2D eigenvalue weighted by Gasteiger charge is -2.29. The van der Waals surface area contributed by atoms with Crippen LogP contribution in [-0.2, 0) is 12.8 Å². The second-order valence-electron chi connectivity index (χ2n) is 17.0. The molecule has 0 bridgehead atoms. The number of anilines is 6. The molecule has 0 fully saturated rings. The van der Waals surface area contributed by atoms with Crippen LogP contribution in [0.4, 0.5) is 34.1 Å². The first kappa shape index (κ1) is 37.1. The molecule has 0 saturated carbocycles. The van der Waals surface area contributed by atoms with Gasteiger partial charge < -0.3 is 9.80 Å². The molecule has 0 atom stereocenters. The van der Waals surface area contributed by atoms with Gasteiger partial charge in [0.1, 0.15) is 0 Å². The van der Waals surface area contributed by atoms with Crippen LogP contribution in [-0.4, -0.2) is 0 Å². The lowest BCUT2D eigenvalue weighted by Crippen LogP contribution is -2.30. The Balaban J connectivity index is 0.918. The van der Waals surface area contributed by atoms with E-state index >= 15 is 0 Å². The first-order valence-corrected chi connectivity index (χ1v) is 22.4. The number of rotatable bonds is 8. The third-order valence-corrected chi connectivity index (χ3v) is 13.3. The van der Waals surface area contributed by atoms with Gasteiger partial charge in [-0.05, 0) is 171 Å². The molecule has 2 heteroatoms. The molecule has 2 nitrogen and oxygen atoms in total. The van der Waals surface area contributed by atoms with Crippen LogP contribution in [0.5, 0.6) is 0 Å². The van der Waals surface area contributed by atoms with Crippen LogP contribution in [0.1, 0.15) is 41.5 Å². The van der Waals surface area contributed by atoms with Crippen molar-refractivity contribution in [3.05, 3.63) is 233 Å². The summed E-state index contributed by atoms with van der Waals surface area (Å²) in [5, 5.41) is 5.20. The Morgan fingerprint density at radius 1 is 0.413 bits per heavy atom. The number of fused-ring (bicyclic) bond motifs is 6. The van der Waals surface area contributed by atoms with Crippen molar-refractivity contribution in [3.8, 4) is 33.4 Å². The number of hydrogen-bond donors (Lipinski definition) is 0. The quantitative estimate of drug-likeness (QED) is 0.151. The molecule has 0 aliphatic heterocycles. The van der Waals surface area contributed by atoms with E-state index in [-0.39, 0.29) is 0 Å². The second-order valence-corrected chi connectivity index (χ2v) is 17.0. The van der Waals surface area contributed by atoms with Gasteiger partial charge in [0.2, 0.25) is 0 Å². The Hall–Kier alpha value is -7.68. The molecule has 3 aliphatic carbocycles. The molecule has 0 saturated heterocycles. The Labute approximate surface area is 369 Å². The molecule has 0 heterocycles. The summed E-state index contributed by atoms with van der Waals surface area (Å²) >= 11 is 0. The van der Waals surface area contributed by atoms with E-state index in [2.05, 4.69) is 228 Å². The van der Waals surface area contributed by atoms with Crippen LogP contribution in [0.25, 0.3) is 62.4 Å². The van der Waals surface area contributed by atoms with Crippen molar-refractivity contribution < 1.29 is 0 Å². The number of allylic oxidation sites excluding steroid dienone is 1. The number of benzene rings is 9. The van der Waals surface area contributed by atoms with E-state index in [1.54, 1.807) is 0 Å². The highest BCUT2D eigenvalue weighted by Gasteiger charge is 2.26. The van der Waals surface area contributed by atoms with Gasteiger partial charge in [-0.2, -0.15) is 0 Å². The number of hydrogen-bond acceptors (Lipinski definition) is 2. The molecule has 0 radical (unpaired) electrons. The lowest BCUT2D eigenvalue weighted by molar-refractivity contribution is 0.984. The molecular weight excluding hydrogens is 761 g/mol. The van der Waals surface area contributed by atoms with Gasteiger partial charge in [-0.1, -0.05) is 146 Å². The highest BCUT2D eigenvalue weighted by molar-refractivity contribution is 5.99. The van der Waals surface area contributed by atoms with E-state index in [1.807, 2.05) is 0 Å². The van der Waals surface area contributed by atoms with Gasteiger partial charge in [0.05, 0.1) is 11.4 Å². The average molecular weight is 807 g/mol. The molecule has 0 N–H and O–H groups in total. The summed E-state index contributed by atoms with van der Waals surface area (Å²) in [6, 6.07) is 71.6. The van der Waals surface area contributed by atoms with Crippen molar-refractivity contribution in [1.82, 2.24) is 0 Å². The highest BCUT2D eigenvalue weighted by Crippen LogP contribution is 2.45. The van der Waals surface area contributed by atoms with Gasteiger partial charge in [-0.3, -0.25) is 0 Å². The van der Waals surface area contributed by atoms with Crippen molar-refractivity contribution in [2.24, 2.45) is 0 Å². The minimum atomic E-state index is 0.928. The van der Waals surface area contributed by atoms with E-state index in [0.29, 0.717) is 0 Å². The van der Waals surface area contributed by atoms with E-state index < -0.39 is 0 Å². The fourth-order valence-corrected chi connectivity index (χ4v) is 10.4. The zero-order chi connectivity index (χ0) is 41.7. The molecule has 0 spiro atoms. The summed E-state index contributed by atoms with van der Waals surface area (Å²) in [5.74, 6) is 0. The first-order valence-electron chi connectivity index (χ1n) is 22.4. The molecule has 12 rings (SSSR count). The van der Waals surface area contributed by atoms with Gasteiger partial charge in [0.15, 0.2) is 0 Å². The van der Waals surface area contributed by atoms with Crippen LogP contribution in [0.3, 0.4) is 0 Å². The molecule has 0 amide bonds. The Kier molecular flexibility index (Phi) is 9.22. The Bertz CT molecular complexity index is 3340. The van der Waals surface area contributed by atoms with Crippen molar-refractivity contribution in [1.29, 1.82) is 0 Å². The van der Waals surface area contributed by atoms with Crippen molar-refractivity contribution in [2.45, 2.75) is 32.1 Å². The van der Waals surface area contributed by atoms with E-state index in [1.165, 1.54) is 88.2 Å². The van der Waals surface area contributed by atoms with Crippen LogP contribution < -0.4 is 20.2 Å². The highest BCUT2D eigenvalue weighted by atomic mass is 15.1. The normalized spacial score (nSPS) is 13.3. The minimum absolute atomic E-state index is 0.928. The van der Waals surface area contributed by atoms with Crippen molar-refractivity contribution >= 4 is 63.1 Å².